The summed E-state index contributed by atoms with van der Waals surface area (Å²) >= 11 is 0. The van der Waals surface area contributed by atoms with Crippen LogP contribution in [0.25, 0.3) is 0 Å². The Hall–Kier alpha value is -1.91. The molecule has 0 aromatic heterocycles. The Morgan fingerprint density at radius 2 is 2.26 bits per heavy atom. The molecule has 5 heteroatoms. The second-order valence-corrected chi connectivity index (χ2v) is 4.79. The van der Waals surface area contributed by atoms with Crippen molar-refractivity contribution in [3.05, 3.63) is 35.6 Å². The molecule has 1 aliphatic rings. The van der Waals surface area contributed by atoms with Gasteiger partial charge < -0.3 is 10.0 Å². The van der Waals surface area contributed by atoms with Gasteiger partial charge in [0.1, 0.15) is 5.82 Å². The lowest BCUT2D eigenvalue weighted by Gasteiger charge is -2.30. The number of nitrogens with zero attached hydrogens (tertiary/aromatic N) is 1. The maximum atomic E-state index is 13.0. The Balaban J connectivity index is 1.87. The van der Waals surface area contributed by atoms with Gasteiger partial charge in [0.25, 0.3) is 0 Å². The van der Waals surface area contributed by atoms with Crippen molar-refractivity contribution < 1.29 is 19.1 Å². The van der Waals surface area contributed by atoms with Crippen molar-refractivity contribution in [2.45, 2.75) is 19.3 Å². The zero-order valence-corrected chi connectivity index (χ0v) is 10.5. The smallest absolute Gasteiger partial charge is 0.307 e. The average molecular weight is 265 g/mol. The SMILES string of the molecule is O=C(O)C1CCN(CCc2cccc(F)c2)C(=O)C1. The molecule has 1 atom stereocenters. The number of hydrogen-bond acceptors (Lipinski definition) is 2. The number of carboxylic acids is 1. The number of likely N-dealkylation sites (tertiary alicyclic amines) is 1. The van der Waals surface area contributed by atoms with E-state index in [2.05, 4.69) is 0 Å². The summed E-state index contributed by atoms with van der Waals surface area (Å²) in [7, 11) is 0. The van der Waals surface area contributed by atoms with Gasteiger partial charge in [-0.2, -0.15) is 0 Å². The molecule has 1 aliphatic heterocycles. The molecule has 1 unspecified atom stereocenters. The molecule has 0 spiro atoms. The lowest BCUT2D eigenvalue weighted by Crippen LogP contribution is -2.41. The van der Waals surface area contributed by atoms with Crippen LogP contribution in [0.5, 0.6) is 0 Å². The molecule has 19 heavy (non-hydrogen) atoms. The monoisotopic (exact) mass is 265 g/mol. The molecular weight excluding hydrogens is 249 g/mol. The van der Waals surface area contributed by atoms with Gasteiger partial charge in [0, 0.05) is 19.5 Å². The Morgan fingerprint density at radius 3 is 2.89 bits per heavy atom. The van der Waals surface area contributed by atoms with Crippen LogP contribution >= 0.6 is 0 Å². The van der Waals surface area contributed by atoms with Gasteiger partial charge in [-0.15, -0.1) is 0 Å². The molecule has 0 saturated carbocycles. The standard InChI is InChI=1S/C14H16FNO3/c15-12-3-1-2-10(8-12)4-6-16-7-5-11(14(18)19)9-13(16)17/h1-3,8,11H,4-7,9H2,(H,18,19). The first-order valence-corrected chi connectivity index (χ1v) is 6.31. The van der Waals surface area contributed by atoms with Gasteiger partial charge in [0.15, 0.2) is 0 Å². The van der Waals surface area contributed by atoms with Crippen molar-refractivity contribution in [1.29, 1.82) is 0 Å². The third-order valence-corrected chi connectivity index (χ3v) is 3.43. The van der Waals surface area contributed by atoms with E-state index in [-0.39, 0.29) is 18.1 Å². The van der Waals surface area contributed by atoms with E-state index in [0.717, 1.165) is 5.56 Å². The van der Waals surface area contributed by atoms with Crippen LogP contribution in [0.3, 0.4) is 0 Å². The number of rotatable bonds is 4. The van der Waals surface area contributed by atoms with Crippen molar-refractivity contribution in [3.63, 3.8) is 0 Å². The van der Waals surface area contributed by atoms with Crippen molar-refractivity contribution in [3.8, 4) is 0 Å². The first kappa shape index (κ1) is 13.5. The van der Waals surface area contributed by atoms with E-state index < -0.39 is 11.9 Å². The fourth-order valence-electron chi connectivity index (χ4n) is 2.28. The van der Waals surface area contributed by atoms with Gasteiger partial charge in [0.2, 0.25) is 5.91 Å². The van der Waals surface area contributed by atoms with Crippen LogP contribution in [0.2, 0.25) is 0 Å². The van der Waals surface area contributed by atoms with Gasteiger partial charge in [-0.1, -0.05) is 12.1 Å². The van der Waals surface area contributed by atoms with Crippen LogP contribution in [0.1, 0.15) is 18.4 Å². The molecule has 0 radical (unpaired) electrons. The molecule has 1 aromatic carbocycles. The van der Waals surface area contributed by atoms with E-state index in [9.17, 15) is 14.0 Å². The quantitative estimate of drug-likeness (QED) is 0.901. The van der Waals surface area contributed by atoms with Gasteiger partial charge in [-0.05, 0) is 30.5 Å². The summed E-state index contributed by atoms with van der Waals surface area (Å²) < 4.78 is 13.0. The topological polar surface area (TPSA) is 57.6 Å². The Kier molecular flexibility index (Phi) is 4.14. The summed E-state index contributed by atoms with van der Waals surface area (Å²) in [4.78, 5) is 24.3. The summed E-state index contributed by atoms with van der Waals surface area (Å²) in [5, 5.41) is 8.87. The minimum Gasteiger partial charge on any atom is -0.481 e. The lowest BCUT2D eigenvalue weighted by atomic mass is 9.96. The fraction of sp³-hybridized carbons (Fsp3) is 0.429. The van der Waals surface area contributed by atoms with E-state index in [1.807, 2.05) is 6.07 Å². The number of carboxylic acid groups (broad SMARTS) is 1. The molecule has 1 aromatic rings. The van der Waals surface area contributed by atoms with Crippen LogP contribution < -0.4 is 0 Å². The van der Waals surface area contributed by atoms with Crippen molar-refractivity contribution in [2.24, 2.45) is 5.92 Å². The Labute approximate surface area is 110 Å². The van der Waals surface area contributed by atoms with Crippen molar-refractivity contribution in [1.82, 2.24) is 4.90 Å². The Morgan fingerprint density at radius 1 is 1.47 bits per heavy atom. The summed E-state index contributed by atoms with van der Waals surface area (Å²) in [6, 6.07) is 6.29. The summed E-state index contributed by atoms with van der Waals surface area (Å²) in [5.41, 5.74) is 0.841. The molecule has 1 amide bonds. The highest BCUT2D eigenvalue weighted by atomic mass is 19.1. The van der Waals surface area contributed by atoms with Gasteiger partial charge in [0.05, 0.1) is 5.92 Å². The number of hydrogen-bond donors (Lipinski definition) is 1. The van der Waals surface area contributed by atoms with Gasteiger partial charge >= 0.3 is 5.97 Å². The zero-order valence-electron chi connectivity index (χ0n) is 10.5. The molecule has 0 aliphatic carbocycles. The van der Waals surface area contributed by atoms with Crippen molar-refractivity contribution >= 4 is 11.9 Å². The lowest BCUT2D eigenvalue weighted by molar-refractivity contribution is -0.149. The Bertz CT molecular complexity index is 489. The number of benzene rings is 1. The van der Waals surface area contributed by atoms with Crippen molar-refractivity contribution in [2.75, 3.05) is 13.1 Å². The molecule has 4 nitrogen and oxygen atoms in total. The zero-order chi connectivity index (χ0) is 13.8. The number of carbonyl (C=O) groups is 2. The van der Waals surface area contributed by atoms with E-state index in [1.165, 1.54) is 12.1 Å². The molecule has 2 rings (SSSR count). The molecule has 1 saturated heterocycles. The predicted molar refractivity (Wildman–Crippen MR) is 67.0 cm³/mol. The van der Waals surface area contributed by atoms with Gasteiger partial charge in [-0.3, -0.25) is 9.59 Å². The third kappa shape index (κ3) is 3.53. The number of aliphatic carboxylic acids is 1. The third-order valence-electron chi connectivity index (χ3n) is 3.43. The molecule has 1 N–H and O–H groups in total. The largest absolute Gasteiger partial charge is 0.481 e. The normalized spacial score (nSPS) is 19.5. The first-order valence-electron chi connectivity index (χ1n) is 6.31. The number of carbonyl (C=O) groups excluding carboxylic acids is 1. The molecular formula is C14H16FNO3. The summed E-state index contributed by atoms with van der Waals surface area (Å²) in [5.74, 6) is -1.88. The molecule has 102 valence electrons. The van der Waals surface area contributed by atoms with E-state index in [4.69, 9.17) is 5.11 Å². The predicted octanol–water partition coefficient (Wildman–Crippen LogP) is 1.69. The maximum Gasteiger partial charge on any atom is 0.307 e. The van der Waals surface area contributed by atoms with Crippen LogP contribution in [0, 0.1) is 11.7 Å². The highest BCUT2D eigenvalue weighted by Gasteiger charge is 2.29. The molecule has 1 heterocycles. The molecule has 1 fully saturated rings. The van der Waals surface area contributed by atoms with Crippen LogP contribution in [0.4, 0.5) is 4.39 Å². The van der Waals surface area contributed by atoms with Crippen LogP contribution in [-0.2, 0) is 16.0 Å². The number of piperidine rings is 1. The second-order valence-electron chi connectivity index (χ2n) is 4.79. The fourth-order valence-corrected chi connectivity index (χ4v) is 2.28. The van der Waals surface area contributed by atoms with E-state index in [1.54, 1.807) is 11.0 Å². The average Bonchev–Trinajstić information content (AvgIpc) is 2.37. The molecule has 0 bridgehead atoms. The highest BCUT2D eigenvalue weighted by Crippen LogP contribution is 2.19. The number of halogens is 1. The van der Waals surface area contributed by atoms with Crippen LogP contribution in [-0.4, -0.2) is 35.0 Å². The minimum atomic E-state index is -0.905. The second kappa shape index (κ2) is 5.82. The van der Waals surface area contributed by atoms with Crippen LogP contribution in [0.15, 0.2) is 24.3 Å². The summed E-state index contributed by atoms with van der Waals surface area (Å²) in [6.45, 7) is 0.972. The first-order chi connectivity index (χ1) is 9.06. The number of amides is 1. The van der Waals surface area contributed by atoms with E-state index in [0.29, 0.717) is 25.9 Å². The van der Waals surface area contributed by atoms with E-state index >= 15 is 0 Å². The minimum absolute atomic E-state index is 0.0679. The maximum absolute atomic E-state index is 13.0. The summed E-state index contributed by atoms with van der Waals surface area (Å²) in [6.07, 6.45) is 1.14. The highest BCUT2D eigenvalue weighted by molar-refractivity contribution is 5.83. The van der Waals surface area contributed by atoms with Gasteiger partial charge in [-0.25, -0.2) is 4.39 Å².